The first-order chi connectivity index (χ1) is 12.2. The molecule has 6 heteroatoms. The highest BCUT2D eigenvalue weighted by atomic mass is 16.5. The van der Waals surface area contributed by atoms with Crippen LogP contribution >= 0.6 is 0 Å². The molecular formula is C19H30N4O2. The van der Waals surface area contributed by atoms with Gasteiger partial charge >= 0.3 is 0 Å². The van der Waals surface area contributed by atoms with Crippen LogP contribution in [0.5, 0.6) is 0 Å². The number of carbonyl (C=O) groups excluding carboxylic acids is 1. The number of carbonyl (C=O) groups is 1. The third kappa shape index (κ3) is 5.74. The van der Waals surface area contributed by atoms with Crippen molar-refractivity contribution < 1.29 is 9.53 Å². The maximum absolute atomic E-state index is 11.5. The summed E-state index contributed by atoms with van der Waals surface area (Å²) in [4.78, 5) is 18.2. The Morgan fingerprint density at radius 2 is 2.00 bits per heavy atom. The Labute approximate surface area is 150 Å². The van der Waals surface area contributed by atoms with E-state index in [4.69, 9.17) is 4.74 Å². The van der Waals surface area contributed by atoms with E-state index in [1.54, 1.807) is 14.2 Å². The first-order valence-corrected chi connectivity index (χ1v) is 8.91. The molecule has 2 N–H and O–H groups in total. The summed E-state index contributed by atoms with van der Waals surface area (Å²) in [6.45, 7) is 2.51. The number of nitrogens with zero attached hydrogens (tertiary/aromatic N) is 2. The minimum Gasteiger partial charge on any atom is -0.375 e. The number of amides is 1. The topological polar surface area (TPSA) is 66.0 Å². The first kappa shape index (κ1) is 19.2. The zero-order valence-corrected chi connectivity index (χ0v) is 15.5. The smallest absolute Gasteiger partial charge is 0.220 e. The third-order valence-electron chi connectivity index (χ3n) is 4.78. The quantitative estimate of drug-likeness (QED) is 0.609. The number of aliphatic imine (C=N–C) groups is 1. The predicted molar refractivity (Wildman–Crippen MR) is 101 cm³/mol. The van der Waals surface area contributed by atoms with Crippen LogP contribution in [-0.4, -0.2) is 57.6 Å². The number of benzene rings is 1. The van der Waals surface area contributed by atoms with E-state index in [0.29, 0.717) is 18.9 Å². The van der Waals surface area contributed by atoms with Crippen molar-refractivity contribution in [3.05, 3.63) is 35.9 Å². The molecule has 0 spiro atoms. The molecule has 1 fully saturated rings. The number of hydrogen-bond acceptors (Lipinski definition) is 3. The number of piperidine rings is 1. The number of ether oxygens (including phenoxy) is 1. The van der Waals surface area contributed by atoms with Crippen LogP contribution in [0.15, 0.2) is 35.3 Å². The lowest BCUT2D eigenvalue weighted by Crippen LogP contribution is -2.47. The van der Waals surface area contributed by atoms with Crippen molar-refractivity contribution in [1.29, 1.82) is 0 Å². The average Bonchev–Trinajstić information content (AvgIpc) is 2.67. The minimum atomic E-state index is -0.0104. The van der Waals surface area contributed by atoms with Crippen LogP contribution in [0.4, 0.5) is 0 Å². The van der Waals surface area contributed by atoms with Crippen molar-refractivity contribution in [2.24, 2.45) is 10.9 Å². The Bertz CT molecular complexity index is 554. The van der Waals surface area contributed by atoms with Crippen LogP contribution in [-0.2, 0) is 9.53 Å². The molecule has 0 saturated carbocycles. The Hall–Kier alpha value is -2.08. The van der Waals surface area contributed by atoms with Gasteiger partial charge in [-0.2, -0.15) is 0 Å². The molecule has 1 atom stereocenters. The van der Waals surface area contributed by atoms with E-state index in [1.807, 2.05) is 25.2 Å². The van der Waals surface area contributed by atoms with Gasteiger partial charge in [0, 0.05) is 47.3 Å². The lowest BCUT2D eigenvalue weighted by atomic mass is 9.93. The second-order valence-electron chi connectivity index (χ2n) is 6.37. The first-order valence-electron chi connectivity index (χ1n) is 8.91. The maximum Gasteiger partial charge on any atom is 0.220 e. The monoisotopic (exact) mass is 346 g/mol. The van der Waals surface area contributed by atoms with Crippen molar-refractivity contribution in [2.75, 3.05) is 40.8 Å². The van der Waals surface area contributed by atoms with Gasteiger partial charge in [0.2, 0.25) is 5.91 Å². The predicted octanol–water partition coefficient (Wildman–Crippen LogP) is 1.80. The largest absolute Gasteiger partial charge is 0.375 e. The maximum atomic E-state index is 11.5. The second-order valence-corrected chi connectivity index (χ2v) is 6.37. The van der Waals surface area contributed by atoms with Crippen LogP contribution < -0.4 is 10.6 Å². The van der Waals surface area contributed by atoms with Crippen LogP contribution in [0.1, 0.15) is 30.9 Å². The summed E-state index contributed by atoms with van der Waals surface area (Å²) in [5.74, 6) is 1.49. The molecule has 1 heterocycles. The summed E-state index contributed by atoms with van der Waals surface area (Å²) < 4.78 is 5.61. The molecule has 1 aliphatic heterocycles. The van der Waals surface area contributed by atoms with Gasteiger partial charge in [0.25, 0.3) is 0 Å². The summed E-state index contributed by atoms with van der Waals surface area (Å²) in [5.41, 5.74) is 1.15. The molecule has 6 nitrogen and oxygen atoms in total. The average molecular weight is 346 g/mol. The number of rotatable bonds is 6. The fraction of sp³-hybridized carbons (Fsp3) is 0.579. The highest BCUT2D eigenvalue weighted by molar-refractivity contribution is 5.80. The molecule has 1 saturated heterocycles. The van der Waals surface area contributed by atoms with Crippen molar-refractivity contribution >= 4 is 11.9 Å². The summed E-state index contributed by atoms with van der Waals surface area (Å²) in [6, 6.07) is 10.2. The van der Waals surface area contributed by atoms with Gasteiger partial charge in [-0.1, -0.05) is 30.3 Å². The summed E-state index contributed by atoms with van der Waals surface area (Å²) in [7, 11) is 5.23. The van der Waals surface area contributed by atoms with Crippen molar-refractivity contribution in [1.82, 2.24) is 15.5 Å². The summed E-state index contributed by atoms with van der Waals surface area (Å²) in [6.07, 6.45) is 2.64. The van der Waals surface area contributed by atoms with Gasteiger partial charge in [0.1, 0.15) is 0 Å². The van der Waals surface area contributed by atoms with Gasteiger partial charge in [-0.25, -0.2) is 0 Å². The van der Waals surface area contributed by atoms with Crippen molar-refractivity contribution in [3.63, 3.8) is 0 Å². The molecule has 2 rings (SSSR count). The lowest BCUT2D eigenvalue weighted by molar-refractivity contribution is -0.121. The fourth-order valence-electron chi connectivity index (χ4n) is 3.23. The molecule has 0 aromatic heterocycles. The Morgan fingerprint density at radius 1 is 1.32 bits per heavy atom. The van der Waals surface area contributed by atoms with E-state index in [1.165, 1.54) is 0 Å². The van der Waals surface area contributed by atoms with E-state index >= 15 is 0 Å². The second kappa shape index (κ2) is 10.0. The van der Waals surface area contributed by atoms with Crippen molar-refractivity contribution in [3.8, 4) is 0 Å². The number of guanidine groups is 1. The van der Waals surface area contributed by atoms with Crippen LogP contribution in [0.25, 0.3) is 0 Å². The van der Waals surface area contributed by atoms with E-state index < -0.39 is 0 Å². The highest BCUT2D eigenvalue weighted by Gasteiger charge is 2.23. The number of likely N-dealkylation sites (tertiary alicyclic amines) is 1. The molecule has 138 valence electrons. The van der Waals surface area contributed by atoms with E-state index in [9.17, 15) is 4.79 Å². The van der Waals surface area contributed by atoms with E-state index in [-0.39, 0.29) is 12.0 Å². The number of nitrogens with one attached hydrogen (secondary N) is 2. The molecule has 1 aromatic carbocycles. The third-order valence-corrected chi connectivity index (χ3v) is 4.78. The van der Waals surface area contributed by atoms with Crippen LogP contribution in [0, 0.1) is 5.92 Å². The zero-order chi connectivity index (χ0) is 18.1. The van der Waals surface area contributed by atoms with E-state index in [0.717, 1.165) is 37.5 Å². The number of hydrogen-bond donors (Lipinski definition) is 2. The fourth-order valence-corrected chi connectivity index (χ4v) is 3.23. The lowest BCUT2D eigenvalue weighted by Gasteiger charge is -2.34. The summed E-state index contributed by atoms with van der Waals surface area (Å²) >= 11 is 0. The molecule has 1 amide bonds. The standard InChI is InChI=1S/C19H30N4O2/c1-20-18(24)13-15-9-11-23(12-10-15)19(21-2)22-14-17(25-3)16-7-5-4-6-8-16/h4-8,15,17H,9-14H2,1-3H3,(H,20,24)(H,21,22). The van der Waals surface area contributed by atoms with Gasteiger partial charge in [-0.15, -0.1) is 0 Å². The molecule has 25 heavy (non-hydrogen) atoms. The minimum absolute atomic E-state index is 0.0104. The molecular weight excluding hydrogens is 316 g/mol. The SMILES string of the molecule is CN=C(NCC(OC)c1ccccc1)N1CCC(CC(=O)NC)CC1. The Kier molecular flexibility index (Phi) is 7.73. The van der Waals surface area contributed by atoms with Crippen LogP contribution in [0.3, 0.4) is 0 Å². The van der Waals surface area contributed by atoms with Gasteiger partial charge in [-0.05, 0) is 24.3 Å². The van der Waals surface area contributed by atoms with Gasteiger partial charge in [-0.3, -0.25) is 9.79 Å². The van der Waals surface area contributed by atoms with Crippen LogP contribution in [0.2, 0.25) is 0 Å². The summed E-state index contributed by atoms with van der Waals surface area (Å²) in [5, 5.41) is 6.14. The normalized spacial score (nSPS) is 17.2. The zero-order valence-electron chi connectivity index (χ0n) is 15.5. The number of methoxy groups -OCH3 is 1. The molecule has 0 bridgehead atoms. The molecule has 1 aromatic rings. The van der Waals surface area contributed by atoms with Gasteiger partial charge in [0.15, 0.2) is 5.96 Å². The molecule has 1 unspecified atom stereocenters. The van der Waals surface area contributed by atoms with Crippen molar-refractivity contribution in [2.45, 2.75) is 25.4 Å². The Morgan fingerprint density at radius 3 is 2.56 bits per heavy atom. The van der Waals surface area contributed by atoms with E-state index in [2.05, 4.69) is 32.7 Å². The van der Waals surface area contributed by atoms with Gasteiger partial charge in [0.05, 0.1) is 6.10 Å². The highest BCUT2D eigenvalue weighted by Crippen LogP contribution is 2.21. The Balaban J connectivity index is 1.84. The van der Waals surface area contributed by atoms with Gasteiger partial charge < -0.3 is 20.3 Å². The molecule has 0 aliphatic carbocycles. The molecule has 1 aliphatic rings. The molecule has 0 radical (unpaired) electrons.